The molecule has 2 aromatic rings. The van der Waals surface area contributed by atoms with Gasteiger partial charge in [0.25, 0.3) is 5.91 Å². The minimum atomic E-state index is -0.477. The highest BCUT2D eigenvalue weighted by Gasteiger charge is 2.21. The lowest BCUT2D eigenvalue weighted by Gasteiger charge is -2.11. The molecule has 0 spiro atoms. The van der Waals surface area contributed by atoms with Crippen molar-refractivity contribution in [2.75, 3.05) is 26.2 Å². The third-order valence-electron chi connectivity index (χ3n) is 4.15. The number of carbonyl (C=O) groups is 2. The monoisotopic (exact) mass is 529 g/mol. The van der Waals surface area contributed by atoms with E-state index in [1.54, 1.807) is 6.08 Å². The Balaban J connectivity index is 0. The second-order valence-corrected chi connectivity index (χ2v) is 7.36. The first-order valence-electron chi connectivity index (χ1n) is 13.1. The molecule has 3 N–H and O–H groups in total. The molecule has 212 valence electrons. The Morgan fingerprint density at radius 3 is 2.32 bits per heavy atom. The van der Waals surface area contributed by atoms with Gasteiger partial charge in [-0.25, -0.2) is 4.68 Å². The van der Waals surface area contributed by atoms with E-state index < -0.39 is 5.91 Å². The third kappa shape index (κ3) is 15.5. The number of aliphatic hydroxyl groups excluding tert-OH is 1. The summed E-state index contributed by atoms with van der Waals surface area (Å²) in [6.45, 7) is 20.3. The van der Waals surface area contributed by atoms with E-state index in [2.05, 4.69) is 55.2 Å². The average molecular weight is 530 g/mol. The van der Waals surface area contributed by atoms with Gasteiger partial charge in [0.05, 0.1) is 12.3 Å². The Hall–Kier alpha value is -3.56. The van der Waals surface area contributed by atoms with Gasteiger partial charge in [0, 0.05) is 6.54 Å². The van der Waals surface area contributed by atoms with Crippen LogP contribution in [0.2, 0.25) is 0 Å². The van der Waals surface area contributed by atoms with Gasteiger partial charge < -0.3 is 20.5 Å². The molecule has 1 aromatic carbocycles. The quantitative estimate of drug-likeness (QED) is 0.207. The minimum absolute atomic E-state index is 0.0287. The van der Waals surface area contributed by atoms with Gasteiger partial charge >= 0.3 is 0 Å². The number of rotatable bonds is 12. The lowest BCUT2D eigenvalue weighted by molar-refractivity contribution is -0.104. The average Bonchev–Trinajstić information content (AvgIpc) is 3.35. The second kappa shape index (κ2) is 25.1. The number of amides is 1. The van der Waals surface area contributed by atoms with Crippen LogP contribution in [-0.4, -0.2) is 58.5 Å². The van der Waals surface area contributed by atoms with Crippen molar-refractivity contribution in [1.29, 1.82) is 0 Å². The number of nitrogens with zero attached hydrogens (tertiary/aromatic N) is 3. The lowest BCUT2D eigenvalue weighted by atomic mass is 10.2. The molecule has 0 saturated heterocycles. The van der Waals surface area contributed by atoms with Crippen LogP contribution in [0.1, 0.15) is 69.7 Å². The number of ether oxygens (including phenoxy) is 1. The Kier molecular flexibility index (Phi) is 24.2. The number of aliphatic hydroxyl groups is 1. The number of hydrogen-bond acceptors (Lipinski definition) is 7. The van der Waals surface area contributed by atoms with Crippen molar-refractivity contribution in [3.05, 3.63) is 72.1 Å². The number of aryl methyl sites for hydroxylation is 1. The molecular weight excluding hydrogens is 482 g/mol. The summed E-state index contributed by atoms with van der Waals surface area (Å²) in [7, 11) is 0. The zero-order valence-corrected chi connectivity index (χ0v) is 24.2. The molecule has 0 bridgehead atoms. The second-order valence-electron chi connectivity index (χ2n) is 7.36. The van der Waals surface area contributed by atoms with E-state index in [4.69, 9.17) is 9.84 Å². The summed E-state index contributed by atoms with van der Waals surface area (Å²) in [6, 6.07) is 7.50. The Bertz CT molecular complexity index is 966. The number of nitrogens with one attached hydrogen (secondary N) is 2. The summed E-state index contributed by atoms with van der Waals surface area (Å²) in [5.74, 6) is 0.162. The highest BCUT2D eigenvalue weighted by atomic mass is 16.5. The molecule has 0 unspecified atom stereocenters. The molecule has 0 radical (unpaired) electrons. The fourth-order valence-electron chi connectivity index (χ4n) is 2.60. The topological polar surface area (TPSA) is 118 Å². The number of carbonyl (C=O) groups excluding carboxylic acids is 2. The zero-order chi connectivity index (χ0) is 29.2. The Labute approximate surface area is 228 Å². The molecule has 9 heteroatoms. The van der Waals surface area contributed by atoms with Crippen molar-refractivity contribution < 1.29 is 19.4 Å². The van der Waals surface area contributed by atoms with Gasteiger partial charge in [-0.2, -0.15) is 0 Å². The van der Waals surface area contributed by atoms with Crippen LogP contribution in [0.25, 0.3) is 5.70 Å². The zero-order valence-electron chi connectivity index (χ0n) is 24.2. The van der Waals surface area contributed by atoms with Gasteiger partial charge in [0.1, 0.15) is 24.3 Å². The standard InChI is InChI=1S/C20H22N4O4.C4H11N.C3H8.C2H6/c1-3-16(8-4-5-11-25)24-18(14-28-17-9-6-7-15(2)13-17)19(22-23-24)20(27)21-10-12-26;1-3-5-4-2;1-3-2;1-2/h3-9,11,13,26H,1,10,12,14H2,2H3,(H,21,27);5H,3-4H2,1-2H3;3H2,1-2H3;1-2H3/b5-4+,16-8+;;;. The normalized spacial score (nSPS) is 10.2. The van der Waals surface area contributed by atoms with Gasteiger partial charge in [-0.1, -0.05) is 78.0 Å². The van der Waals surface area contributed by atoms with Crippen LogP contribution in [0.5, 0.6) is 5.75 Å². The molecule has 0 atom stereocenters. The van der Waals surface area contributed by atoms with Crippen molar-refractivity contribution in [2.45, 2.75) is 61.5 Å². The summed E-state index contributed by atoms with van der Waals surface area (Å²) in [4.78, 5) is 22.9. The van der Waals surface area contributed by atoms with Gasteiger partial charge in [-0.05, 0) is 55.9 Å². The highest BCUT2D eigenvalue weighted by Crippen LogP contribution is 2.18. The summed E-state index contributed by atoms with van der Waals surface area (Å²) >= 11 is 0. The van der Waals surface area contributed by atoms with E-state index in [1.807, 2.05) is 45.0 Å². The largest absolute Gasteiger partial charge is 0.487 e. The number of benzene rings is 1. The van der Waals surface area contributed by atoms with Crippen LogP contribution in [0.15, 0.2) is 55.1 Å². The van der Waals surface area contributed by atoms with E-state index in [9.17, 15) is 9.59 Å². The molecule has 0 fully saturated rings. The van der Waals surface area contributed by atoms with Crippen molar-refractivity contribution in [3.63, 3.8) is 0 Å². The molecule has 1 amide bonds. The van der Waals surface area contributed by atoms with Gasteiger partial charge in [-0.15, -0.1) is 5.10 Å². The van der Waals surface area contributed by atoms with Crippen LogP contribution >= 0.6 is 0 Å². The maximum atomic E-state index is 12.4. The first kappa shape index (κ1) is 36.6. The number of aromatic nitrogens is 3. The van der Waals surface area contributed by atoms with Crippen LogP contribution < -0.4 is 15.4 Å². The lowest BCUT2D eigenvalue weighted by Crippen LogP contribution is -2.28. The first-order chi connectivity index (χ1) is 18.4. The molecule has 0 aliphatic carbocycles. The van der Waals surface area contributed by atoms with E-state index in [1.165, 1.54) is 29.3 Å². The maximum Gasteiger partial charge on any atom is 0.274 e. The molecule has 0 saturated carbocycles. The fraction of sp³-hybridized carbons (Fsp3) is 0.448. The Morgan fingerprint density at radius 2 is 1.82 bits per heavy atom. The van der Waals surface area contributed by atoms with E-state index in [0.29, 0.717) is 23.4 Å². The first-order valence-corrected chi connectivity index (χ1v) is 13.1. The van der Waals surface area contributed by atoms with E-state index in [0.717, 1.165) is 18.7 Å². The molecule has 2 rings (SSSR count). The van der Waals surface area contributed by atoms with Crippen molar-refractivity contribution >= 4 is 17.9 Å². The van der Waals surface area contributed by atoms with Crippen LogP contribution in [0.3, 0.4) is 0 Å². The van der Waals surface area contributed by atoms with Gasteiger partial charge in [0.2, 0.25) is 0 Å². The van der Waals surface area contributed by atoms with Crippen LogP contribution in [0, 0.1) is 6.92 Å². The van der Waals surface area contributed by atoms with Gasteiger partial charge in [-0.3, -0.25) is 9.59 Å². The summed E-state index contributed by atoms with van der Waals surface area (Å²) in [5.41, 5.74) is 2.03. The van der Waals surface area contributed by atoms with Crippen LogP contribution in [-0.2, 0) is 11.4 Å². The molecule has 1 heterocycles. The third-order valence-corrected chi connectivity index (χ3v) is 4.15. The number of hydrogen-bond donors (Lipinski definition) is 3. The van der Waals surface area contributed by atoms with Crippen molar-refractivity contribution in [1.82, 2.24) is 25.6 Å². The van der Waals surface area contributed by atoms with E-state index in [-0.39, 0.29) is 25.5 Å². The van der Waals surface area contributed by atoms with Crippen molar-refractivity contribution in [3.8, 4) is 5.75 Å². The Morgan fingerprint density at radius 1 is 1.16 bits per heavy atom. The summed E-state index contributed by atoms with van der Waals surface area (Å²) in [5, 5.41) is 22.6. The molecule has 0 aliphatic heterocycles. The number of allylic oxidation sites excluding steroid dienone is 5. The van der Waals surface area contributed by atoms with Crippen molar-refractivity contribution in [2.24, 2.45) is 0 Å². The molecule has 9 nitrogen and oxygen atoms in total. The summed E-state index contributed by atoms with van der Waals surface area (Å²) in [6.07, 6.45) is 7.88. The number of aldehydes is 1. The smallest absolute Gasteiger partial charge is 0.274 e. The predicted molar refractivity (Wildman–Crippen MR) is 156 cm³/mol. The molecule has 0 aliphatic rings. The SMILES string of the molecule is C=C/C(=C\C=C\C=O)n1nnc(C(=O)NCCO)c1COc1cccc(C)c1.CC.CCC.CCNCC. The maximum absolute atomic E-state index is 12.4. The fourth-order valence-corrected chi connectivity index (χ4v) is 2.60. The summed E-state index contributed by atoms with van der Waals surface area (Å²) < 4.78 is 7.24. The van der Waals surface area contributed by atoms with Crippen LogP contribution in [0.4, 0.5) is 0 Å². The molecular formula is C29H47N5O4. The van der Waals surface area contributed by atoms with E-state index >= 15 is 0 Å². The molecule has 38 heavy (non-hydrogen) atoms. The predicted octanol–water partition coefficient (Wildman–Crippen LogP) is 4.73. The minimum Gasteiger partial charge on any atom is -0.487 e. The molecule has 1 aromatic heterocycles. The van der Waals surface area contributed by atoms with Gasteiger partial charge in [0.15, 0.2) is 5.69 Å². The highest BCUT2D eigenvalue weighted by molar-refractivity contribution is 5.93.